The van der Waals surface area contributed by atoms with E-state index >= 15 is 0 Å². The number of nitrogens with zero attached hydrogens (tertiary/aromatic N) is 1. The summed E-state index contributed by atoms with van der Waals surface area (Å²) in [6.07, 6.45) is 1.26. The number of hydrogen-bond acceptors (Lipinski definition) is 4. The molecule has 0 aliphatic carbocycles. The molecule has 7 nitrogen and oxygen atoms in total. The van der Waals surface area contributed by atoms with Crippen LogP contribution < -0.4 is 10.9 Å². The average Bonchev–Trinajstić information content (AvgIpc) is 2.41. The molecule has 0 saturated carbocycles. The molecule has 20 heavy (non-hydrogen) atoms. The highest BCUT2D eigenvalue weighted by molar-refractivity contribution is 6.34. The van der Waals surface area contributed by atoms with Crippen molar-refractivity contribution >= 4 is 28.9 Å². The van der Waals surface area contributed by atoms with Crippen LogP contribution in [0.1, 0.15) is 10.4 Å². The Morgan fingerprint density at radius 1 is 1.30 bits per heavy atom. The highest BCUT2D eigenvalue weighted by atomic mass is 35.5. The molecule has 0 aliphatic heterocycles. The molecule has 1 heterocycles. The zero-order valence-corrected chi connectivity index (χ0v) is 10.7. The molecule has 0 unspecified atom stereocenters. The smallest absolute Gasteiger partial charge is 0.271 e. The van der Waals surface area contributed by atoms with Gasteiger partial charge in [0, 0.05) is 24.4 Å². The largest absolute Gasteiger partial charge is 0.328 e. The van der Waals surface area contributed by atoms with E-state index in [1.54, 1.807) is 0 Å². The second-order valence-electron chi connectivity index (χ2n) is 3.82. The third-order valence-corrected chi connectivity index (χ3v) is 2.77. The van der Waals surface area contributed by atoms with Crippen LogP contribution in [0.5, 0.6) is 0 Å². The third-order valence-electron chi connectivity index (χ3n) is 2.46. The predicted molar refractivity (Wildman–Crippen MR) is 73.1 cm³/mol. The molecule has 0 bridgehead atoms. The van der Waals surface area contributed by atoms with Crippen LogP contribution in [-0.4, -0.2) is 15.8 Å². The van der Waals surface area contributed by atoms with Gasteiger partial charge in [-0.25, -0.2) is 0 Å². The molecule has 2 N–H and O–H groups in total. The van der Waals surface area contributed by atoms with Crippen LogP contribution in [0.3, 0.4) is 0 Å². The molecular weight excluding hydrogens is 286 g/mol. The predicted octanol–water partition coefficient (Wildman–Crippen LogP) is 2.19. The number of nitro groups is 1. The Bertz CT molecular complexity index is 721. The Balaban J connectivity index is 2.21. The molecule has 0 fully saturated rings. The van der Waals surface area contributed by atoms with Gasteiger partial charge in [-0.2, -0.15) is 0 Å². The van der Waals surface area contributed by atoms with Gasteiger partial charge in [0.15, 0.2) is 0 Å². The number of amides is 1. The second kappa shape index (κ2) is 5.54. The maximum Gasteiger partial charge on any atom is 0.271 e. The van der Waals surface area contributed by atoms with Crippen LogP contribution in [0.15, 0.2) is 41.3 Å². The zero-order valence-electron chi connectivity index (χ0n) is 9.92. The summed E-state index contributed by atoms with van der Waals surface area (Å²) in [4.78, 5) is 35.1. The van der Waals surface area contributed by atoms with Crippen molar-refractivity contribution in [3.63, 3.8) is 0 Å². The number of carbonyl (C=O) groups excluding carboxylic acids is 1. The molecule has 8 heteroatoms. The maximum atomic E-state index is 11.9. The molecule has 0 radical (unpaired) electrons. The Kier molecular flexibility index (Phi) is 3.81. The Hall–Kier alpha value is -2.67. The first-order valence-corrected chi connectivity index (χ1v) is 5.79. The van der Waals surface area contributed by atoms with E-state index < -0.39 is 10.8 Å². The van der Waals surface area contributed by atoms with Crippen molar-refractivity contribution in [2.75, 3.05) is 5.32 Å². The summed E-state index contributed by atoms with van der Waals surface area (Å²) in [5.41, 5.74) is -0.0144. The van der Waals surface area contributed by atoms with Gasteiger partial charge in [0.25, 0.3) is 11.6 Å². The number of nitrogens with one attached hydrogen (secondary N) is 2. The first-order valence-electron chi connectivity index (χ1n) is 5.41. The number of carbonyl (C=O) groups is 1. The number of rotatable bonds is 3. The number of halogens is 1. The lowest BCUT2D eigenvalue weighted by Gasteiger charge is -2.06. The van der Waals surface area contributed by atoms with E-state index in [4.69, 9.17) is 11.6 Å². The van der Waals surface area contributed by atoms with Crippen LogP contribution in [0.2, 0.25) is 5.02 Å². The minimum Gasteiger partial charge on any atom is -0.328 e. The summed E-state index contributed by atoms with van der Waals surface area (Å²) in [7, 11) is 0. The van der Waals surface area contributed by atoms with Gasteiger partial charge in [0.1, 0.15) is 0 Å². The van der Waals surface area contributed by atoms with Gasteiger partial charge in [-0.05, 0) is 12.1 Å². The lowest BCUT2D eigenvalue weighted by molar-refractivity contribution is -0.384. The minimum absolute atomic E-state index is 0.0528. The van der Waals surface area contributed by atoms with E-state index in [1.165, 1.54) is 30.5 Å². The van der Waals surface area contributed by atoms with Crippen LogP contribution >= 0.6 is 11.6 Å². The Labute approximate surface area is 117 Å². The molecule has 1 aromatic heterocycles. The lowest BCUT2D eigenvalue weighted by Crippen LogP contribution is -2.14. The van der Waals surface area contributed by atoms with E-state index in [9.17, 15) is 19.7 Å². The van der Waals surface area contributed by atoms with Crippen molar-refractivity contribution in [1.82, 2.24) is 4.98 Å². The highest BCUT2D eigenvalue weighted by Gasteiger charge is 2.12. The van der Waals surface area contributed by atoms with Gasteiger partial charge in [-0.3, -0.25) is 19.7 Å². The number of hydrogen-bond donors (Lipinski definition) is 2. The summed E-state index contributed by atoms with van der Waals surface area (Å²) in [6, 6.07) is 6.28. The van der Waals surface area contributed by atoms with Crippen LogP contribution in [-0.2, 0) is 0 Å². The van der Waals surface area contributed by atoms with Gasteiger partial charge < -0.3 is 10.3 Å². The second-order valence-corrected chi connectivity index (χ2v) is 4.22. The molecular formula is C12H8ClN3O4. The molecule has 1 aromatic carbocycles. The Morgan fingerprint density at radius 2 is 2.05 bits per heavy atom. The summed E-state index contributed by atoms with van der Waals surface area (Å²) in [5, 5.41) is 13.1. The first-order chi connectivity index (χ1) is 9.47. The topological polar surface area (TPSA) is 105 Å². The first kappa shape index (κ1) is 13.8. The molecule has 0 spiro atoms. The number of pyridine rings is 1. The number of aromatic amines is 1. The van der Waals surface area contributed by atoms with Crippen molar-refractivity contribution in [3.8, 4) is 0 Å². The Morgan fingerprint density at radius 3 is 2.60 bits per heavy atom. The summed E-state index contributed by atoms with van der Waals surface area (Å²) < 4.78 is 0. The van der Waals surface area contributed by atoms with Gasteiger partial charge in [0.05, 0.1) is 21.2 Å². The van der Waals surface area contributed by atoms with E-state index in [2.05, 4.69) is 10.3 Å². The van der Waals surface area contributed by atoms with Gasteiger partial charge in [0.2, 0.25) is 5.56 Å². The van der Waals surface area contributed by atoms with E-state index in [1.807, 2.05) is 0 Å². The number of anilines is 1. The standard InChI is InChI=1S/C12H8ClN3O4/c13-9-5-8(16(19)20)2-3-10(9)15-12(18)7-1-4-11(17)14-6-7/h1-6H,(H,14,17)(H,15,18). The molecule has 102 valence electrons. The van der Waals surface area contributed by atoms with Gasteiger partial charge in [-0.1, -0.05) is 11.6 Å². The van der Waals surface area contributed by atoms with Crippen molar-refractivity contribution in [1.29, 1.82) is 0 Å². The highest BCUT2D eigenvalue weighted by Crippen LogP contribution is 2.26. The van der Waals surface area contributed by atoms with E-state index in [-0.39, 0.29) is 27.5 Å². The van der Waals surface area contributed by atoms with Crippen molar-refractivity contribution in [2.45, 2.75) is 0 Å². The third kappa shape index (κ3) is 3.01. The van der Waals surface area contributed by atoms with Crippen LogP contribution in [0.25, 0.3) is 0 Å². The van der Waals surface area contributed by atoms with Gasteiger partial charge in [-0.15, -0.1) is 0 Å². The van der Waals surface area contributed by atoms with Crippen LogP contribution in [0, 0.1) is 10.1 Å². The number of aromatic nitrogens is 1. The van der Waals surface area contributed by atoms with E-state index in [0.29, 0.717) is 0 Å². The summed E-state index contributed by atoms with van der Waals surface area (Å²) in [6.45, 7) is 0. The van der Waals surface area contributed by atoms with E-state index in [0.717, 1.165) is 6.07 Å². The molecule has 1 amide bonds. The summed E-state index contributed by atoms with van der Waals surface area (Å²) in [5.74, 6) is -0.489. The number of nitro benzene ring substituents is 1. The number of non-ortho nitro benzene ring substituents is 1. The summed E-state index contributed by atoms with van der Waals surface area (Å²) >= 11 is 5.85. The molecule has 0 aliphatic rings. The minimum atomic E-state index is -0.584. The SMILES string of the molecule is O=C(Nc1ccc([N+](=O)[O-])cc1Cl)c1ccc(=O)[nH]c1. The fraction of sp³-hybridized carbons (Fsp3) is 0. The quantitative estimate of drug-likeness (QED) is 0.668. The zero-order chi connectivity index (χ0) is 14.7. The normalized spacial score (nSPS) is 10.1. The fourth-order valence-corrected chi connectivity index (χ4v) is 1.69. The van der Waals surface area contributed by atoms with Crippen molar-refractivity contribution in [3.05, 3.63) is 67.6 Å². The molecule has 0 atom stereocenters. The molecule has 2 rings (SSSR count). The molecule has 0 saturated heterocycles. The monoisotopic (exact) mass is 293 g/mol. The van der Waals surface area contributed by atoms with Gasteiger partial charge >= 0.3 is 0 Å². The number of H-pyrrole nitrogens is 1. The number of benzene rings is 1. The van der Waals surface area contributed by atoms with Crippen LogP contribution in [0.4, 0.5) is 11.4 Å². The molecule has 2 aromatic rings. The fourth-order valence-electron chi connectivity index (χ4n) is 1.47. The van der Waals surface area contributed by atoms with Crippen molar-refractivity contribution in [2.24, 2.45) is 0 Å². The maximum absolute atomic E-state index is 11.9. The lowest BCUT2D eigenvalue weighted by atomic mass is 10.2. The van der Waals surface area contributed by atoms with Crippen molar-refractivity contribution < 1.29 is 9.72 Å². The average molecular weight is 294 g/mol.